The van der Waals surface area contributed by atoms with Gasteiger partial charge in [0.15, 0.2) is 0 Å². The first-order valence-electron chi connectivity index (χ1n) is 7.01. The molecule has 0 atom stereocenters. The first-order valence-corrected chi connectivity index (χ1v) is 7.01. The van der Waals surface area contributed by atoms with Crippen LogP contribution in [0.2, 0.25) is 0 Å². The third-order valence-electron chi connectivity index (χ3n) is 3.44. The summed E-state index contributed by atoms with van der Waals surface area (Å²) >= 11 is 0. The van der Waals surface area contributed by atoms with E-state index in [0.29, 0.717) is 5.56 Å². The molecule has 0 radical (unpaired) electrons. The van der Waals surface area contributed by atoms with Crippen LogP contribution in [0.1, 0.15) is 26.3 Å². The Kier molecular flexibility index (Phi) is 7.18. The third kappa shape index (κ3) is 4.44. The minimum Gasteiger partial charge on any atom is -0.748 e. The van der Waals surface area contributed by atoms with Crippen LogP contribution in [0, 0.1) is 6.92 Å². The molecular weight excluding hydrogens is 348 g/mol. The number of hydrogen-bond donors (Lipinski definition) is 2. The van der Waals surface area contributed by atoms with Crippen LogP contribution in [0.3, 0.4) is 0 Å². The summed E-state index contributed by atoms with van der Waals surface area (Å²) in [4.78, 5) is 22.3. The predicted molar refractivity (Wildman–Crippen MR) is 88.2 cm³/mol. The molecule has 0 amide bonds. The average molecular weight is 364 g/mol. The standard InChI is InChI=1S/C14H11O4.C5H5.Fe/c1-8-10(13(15)16)6-7-11(12(8)14(17)18)9-4-2-3-5-9;1-2-4-5-3-1;/h2-7H,1H3,(H,15,16)(H,17,18);1-5H;/q-1;-5;. The Bertz CT molecular complexity index is 770. The normalized spacial score (nSPS) is 9.38. The number of carboxylic acid groups (broad SMARTS) is 2. The van der Waals surface area contributed by atoms with Crippen LogP contribution in [0.25, 0.3) is 11.1 Å². The number of carboxylic acids is 2. The molecule has 0 aliphatic rings. The Hall–Kier alpha value is -2.62. The molecule has 0 heterocycles. The van der Waals surface area contributed by atoms with Gasteiger partial charge in [0.1, 0.15) is 0 Å². The Morgan fingerprint density at radius 1 is 0.917 bits per heavy atom. The van der Waals surface area contributed by atoms with Gasteiger partial charge in [-0.25, -0.2) is 4.79 Å². The molecule has 5 heteroatoms. The van der Waals surface area contributed by atoms with Crippen molar-refractivity contribution in [2.75, 3.05) is 0 Å². The largest absolute Gasteiger partial charge is 0.748 e. The van der Waals surface area contributed by atoms with Gasteiger partial charge in [0.05, 0.1) is 0 Å². The van der Waals surface area contributed by atoms with Gasteiger partial charge in [-0.3, -0.25) is 4.79 Å². The molecule has 2 N–H and O–H groups in total. The van der Waals surface area contributed by atoms with E-state index in [1.165, 1.54) is 19.1 Å². The second-order valence-corrected chi connectivity index (χ2v) is 4.91. The summed E-state index contributed by atoms with van der Waals surface area (Å²) in [6, 6.07) is 20.2. The zero-order valence-electron chi connectivity index (χ0n) is 12.9. The molecule has 24 heavy (non-hydrogen) atoms. The van der Waals surface area contributed by atoms with E-state index in [2.05, 4.69) is 0 Å². The first kappa shape index (κ1) is 19.4. The molecule has 3 rings (SSSR count). The van der Waals surface area contributed by atoms with Crippen LogP contribution in [0.15, 0.2) is 66.7 Å². The second-order valence-electron chi connectivity index (χ2n) is 4.91. The molecule has 0 saturated heterocycles. The molecule has 0 saturated carbocycles. The Balaban J connectivity index is 0.000000412. The number of carbonyl (C=O) groups is 2. The maximum Gasteiger partial charge on any atom is 0.334 e. The summed E-state index contributed by atoms with van der Waals surface area (Å²) in [6.45, 7) is 1.51. The van der Waals surface area contributed by atoms with Gasteiger partial charge >= 0.3 is 11.9 Å². The fourth-order valence-corrected chi connectivity index (χ4v) is 2.33. The fraction of sp³-hybridized carbons (Fsp3) is 0.0526. The van der Waals surface area contributed by atoms with Crippen molar-refractivity contribution in [1.82, 2.24) is 0 Å². The third-order valence-corrected chi connectivity index (χ3v) is 3.44. The van der Waals surface area contributed by atoms with Crippen molar-refractivity contribution in [3.8, 4) is 11.1 Å². The zero-order valence-corrected chi connectivity index (χ0v) is 14.0. The van der Waals surface area contributed by atoms with Crippen molar-refractivity contribution in [1.29, 1.82) is 0 Å². The molecule has 0 aliphatic heterocycles. The van der Waals surface area contributed by atoms with Gasteiger partial charge in [0, 0.05) is 28.2 Å². The molecule has 0 aliphatic carbocycles. The zero-order chi connectivity index (χ0) is 16.8. The number of benzene rings is 1. The van der Waals surface area contributed by atoms with E-state index in [4.69, 9.17) is 5.11 Å². The van der Waals surface area contributed by atoms with Gasteiger partial charge in [0.25, 0.3) is 0 Å². The van der Waals surface area contributed by atoms with E-state index in [1.54, 1.807) is 24.3 Å². The summed E-state index contributed by atoms with van der Waals surface area (Å²) in [5.41, 5.74) is 1.64. The van der Waals surface area contributed by atoms with Crippen LogP contribution in [0.4, 0.5) is 0 Å². The SMILES string of the molecule is Cc1c(C(=O)O)ccc(-[c-]2cccc2)c1C(=O)O.[Fe].[cH-]1[cH-][cH-][cH-][cH-]1. The maximum absolute atomic E-state index is 11.3. The molecule has 0 unspecified atom stereocenters. The van der Waals surface area contributed by atoms with Crippen LogP contribution in [-0.2, 0) is 17.1 Å². The van der Waals surface area contributed by atoms with Crippen LogP contribution < -0.4 is 0 Å². The quantitative estimate of drug-likeness (QED) is 0.540. The molecule has 3 aromatic rings. The fourth-order valence-electron chi connectivity index (χ4n) is 2.33. The van der Waals surface area contributed by atoms with Gasteiger partial charge in [-0.1, -0.05) is 17.2 Å². The van der Waals surface area contributed by atoms with Crippen LogP contribution >= 0.6 is 0 Å². The molecule has 0 bridgehead atoms. The summed E-state index contributed by atoms with van der Waals surface area (Å²) < 4.78 is 0. The van der Waals surface area contributed by atoms with E-state index >= 15 is 0 Å². The van der Waals surface area contributed by atoms with Crippen molar-refractivity contribution >= 4 is 11.9 Å². The van der Waals surface area contributed by atoms with Gasteiger partial charge in [-0.05, 0) is 6.92 Å². The van der Waals surface area contributed by atoms with Gasteiger partial charge in [0.2, 0.25) is 0 Å². The molecular formula is C19H16FeO4-6. The Morgan fingerprint density at radius 3 is 1.83 bits per heavy atom. The minimum absolute atomic E-state index is 0. The number of rotatable bonds is 3. The van der Waals surface area contributed by atoms with Gasteiger partial charge in [-0.2, -0.15) is 12.1 Å². The topological polar surface area (TPSA) is 74.6 Å². The first-order chi connectivity index (χ1) is 11.0. The van der Waals surface area contributed by atoms with E-state index in [9.17, 15) is 14.7 Å². The minimum atomic E-state index is -1.12. The van der Waals surface area contributed by atoms with Crippen molar-refractivity contribution in [2.45, 2.75) is 6.92 Å². The molecule has 0 aromatic heterocycles. The summed E-state index contributed by atoms with van der Waals surface area (Å²) in [7, 11) is 0. The summed E-state index contributed by atoms with van der Waals surface area (Å²) in [5, 5.41) is 18.3. The Morgan fingerprint density at radius 2 is 1.42 bits per heavy atom. The van der Waals surface area contributed by atoms with E-state index < -0.39 is 11.9 Å². The van der Waals surface area contributed by atoms with E-state index in [0.717, 1.165) is 5.56 Å². The monoisotopic (exact) mass is 364 g/mol. The number of aromatic carboxylic acids is 2. The average Bonchev–Trinajstić information content (AvgIpc) is 3.22. The Labute approximate surface area is 150 Å². The molecule has 4 nitrogen and oxygen atoms in total. The van der Waals surface area contributed by atoms with Crippen molar-refractivity contribution in [3.63, 3.8) is 0 Å². The van der Waals surface area contributed by atoms with Gasteiger partial charge < -0.3 is 40.5 Å². The van der Waals surface area contributed by atoms with Gasteiger partial charge in [-0.15, -0.1) is 23.8 Å². The van der Waals surface area contributed by atoms with E-state index in [1.807, 2.05) is 30.3 Å². The van der Waals surface area contributed by atoms with E-state index in [-0.39, 0.29) is 33.8 Å². The van der Waals surface area contributed by atoms with Crippen molar-refractivity contribution in [3.05, 3.63) is 83.4 Å². The molecule has 130 valence electrons. The summed E-state index contributed by atoms with van der Waals surface area (Å²) in [6.07, 6.45) is 0. The molecule has 3 aromatic carbocycles. The smallest absolute Gasteiger partial charge is 0.334 e. The van der Waals surface area contributed by atoms with Crippen LogP contribution in [0.5, 0.6) is 0 Å². The molecule has 0 fully saturated rings. The maximum atomic E-state index is 11.3. The second kappa shape index (κ2) is 8.87. The summed E-state index contributed by atoms with van der Waals surface area (Å²) in [5.74, 6) is -2.24. The molecule has 0 spiro atoms. The van der Waals surface area contributed by atoms with Crippen LogP contribution in [-0.4, -0.2) is 22.2 Å². The van der Waals surface area contributed by atoms with Crippen molar-refractivity contribution in [2.24, 2.45) is 0 Å². The number of hydrogen-bond acceptors (Lipinski definition) is 2. The van der Waals surface area contributed by atoms with Crippen molar-refractivity contribution < 1.29 is 36.9 Å². The predicted octanol–water partition coefficient (Wildman–Crippen LogP) is 4.18.